The SMILES string of the molecule is CCCCN(Cc1cccn1Cc1cccc(C)c1)C(=O)CN(CCOC)C(=O)c1ccccc1F. The van der Waals surface area contributed by atoms with Crippen LogP contribution in [0.1, 0.15) is 46.9 Å². The number of methoxy groups -OCH3 is 1. The average molecular weight is 494 g/mol. The van der Waals surface area contributed by atoms with E-state index < -0.39 is 11.7 Å². The summed E-state index contributed by atoms with van der Waals surface area (Å²) in [6.45, 7) is 6.19. The van der Waals surface area contributed by atoms with Crippen LogP contribution in [0.5, 0.6) is 0 Å². The molecular formula is C29H36FN3O3. The minimum absolute atomic E-state index is 0.0476. The zero-order valence-electron chi connectivity index (χ0n) is 21.5. The molecule has 192 valence electrons. The first-order valence-corrected chi connectivity index (χ1v) is 12.4. The highest BCUT2D eigenvalue weighted by atomic mass is 19.1. The van der Waals surface area contributed by atoms with Gasteiger partial charge < -0.3 is 19.1 Å². The first-order chi connectivity index (χ1) is 17.4. The zero-order chi connectivity index (χ0) is 25.9. The van der Waals surface area contributed by atoms with Crippen molar-refractivity contribution in [3.63, 3.8) is 0 Å². The number of ether oxygens (including phenoxy) is 1. The van der Waals surface area contributed by atoms with Crippen molar-refractivity contribution in [2.24, 2.45) is 0 Å². The Labute approximate surface area is 213 Å². The highest BCUT2D eigenvalue weighted by Gasteiger charge is 2.24. The number of aryl methyl sites for hydroxylation is 1. The Hall–Kier alpha value is -3.45. The Kier molecular flexibility index (Phi) is 10.2. The van der Waals surface area contributed by atoms with E-state index in [-0.39, 0.29) is 31.2 Å². The number of rotatable bonds is 13. The lowest BCUT2D eigenvalue weighted by Crippen LogP contribution is -2.44. The number of amides is 2. The van der Waals surface area contributed by atoms with Crippen LogP contribution in [0.25, 0.3) is 0 Å². The standard InChI is InChI=1S/C29H36FN3O3/c1-4-5-15-32(21-25-12-9-16-31(25)20-24-11-8-10-23(2)19-24)28(34)22-33(17-18-36-3)29(35)26-13-6-7-14-27(26)30/h6-14,16,19H,4-5,15,17-18,20-22H2,1-3H3. The van der Waals surface area contributed by atoms with Gasteiger partial charge in [-0.1, -0.05) is 55.3 Å². The van der Waals surface area contributed by atoms with Crippen LogP contribution in [-0.2, 0) is 22.6 Å². The Morgan fingerprint density at radius 2 is 1.81 bits per heavy atom. The van der Waals surface area contributed by atoms with E-state index in [1.165, 1.54) is 41.3 Å². The maximum Gasteiger partial charge on any atom is 0.257 e. The van der Waals surface area contributed by atoms with E-state index in [0.717, 1.165) is 18.5 Å². The third-order valence-corrected chi connectivity index (χ3v) is 6.13. The van der Waals surface area contributed by atoms with Gasteiger partial charge in [0, 0.05) is 38.6 Å². The summed E-state index contributed by atoms with van der Waals surface area (Å²) in [7, 11) is 1.53. The van der Waals surface area contributed by atoms with E-state index in [1.54, 1.807) is 11.0 Å². The summed E-state index contributed by atoms with van der Waals surface area (Å²) in [5.74, 6) is -1.29. The molecule has 3 aromatic rings. The molecule has 0 saturated carbocycles. The van der Waals surface area contributed by atoms with Crippen LogP contribution in [0.15, 0.2) is 66.9 Å². The predicted molar refractivity (Wildman–Crippen MR) is 139 cm³/mol. The molecule has 1 aromatic heterocycles. The maximum atomic E-state index is 14.3. The normalized spacial score (nSPS) is 10.9. The first kappa shape index (κ1) is 27.1. The molecule has 0 spiro atoms. The quantitative estimate of drug-likeness (QED) is 0.340. The van der Waals surface area contributed by atoms with Crippen molar-refractivity contribution in [1.82, 2.24) is 14.4 Å². The number of halogens is 1. The molecule has 0 aliphatic heterocycles. The van der Waals surface area contributed by atoms with Crippen LogP contribution >= 0.6 is 0 Å². The van der Waals surface area contributed by atoms with E-state index >= 15 is 0 Å². The van der Waals surface area contributed by atoms with Crippen LogP contribution in [0.4, 0.5) is 4.39 Å². The van der Waals surface area contributed by atoms with Crippen molar-refractivity contribution in [3.05, 3.63) is 95.1 Å². The molecule has 0 N–H and O–H groups in total. The lowest BCUT2D eigenvalue weighted by Gasteiger charge is -2.28. The first-order valence-electron chi connectivity index (χ1n) is 12.4. The fourth-order valence-electron chi connectivity index (χ4n) is 4.11. The number of carbonyl (C=O) groups excluding carboxylic acids is 2. The number of carbonyl (C=O) groups is 2. The molecule has 0 unspecified atom stereocenters. The maximum absolute atomic E-state index is 14.3. The molecule has 0 fully saturated rings. The van der Waals surface area contributed by atoms with Crippen molar-refractivity contribution < 1.29 is 18.7 Å². The van der Waals surface area contributed by atoms with Gasteiger partial charge in [-0.05, 0) is 43.2 Å². The lowest BCUT2D eigenvalue weighted by atomic mass is 10.1. The fourth-order valence-corrected chi connectivity index (χ4v) is 4.11. The average Bonchev–Trinajstić information content (AvgIpc) is 3.30. The molecule has 3 rings (SSSR count). The van der Waals surface area contributed by atoms with Gasteiger partial charge in [-0.25, -0.2) is 4.39 Å². The summed E-state index contributed by atoms with van der Waals surface area (Å²) in [5.41, 5.74) is 3.37. The van der Waals surface area contributed by atoms with Crippen LogP contribution < -0.4 is 0 Å². The van der Waals surface area contributed by atoms with Gasteiger partial charge in [-0.15, -0.1) is 0 Å². The molecular weight excluding hydrogens is 457 g/mol. The third-order valence-electron chi connectivity index (χ3n) is 6.13. The lowest BCUT2D eigenvalue weighted by molar-refractivity contribution is -0.132. The fraction of sp³-hybridized carbons (Fsp3) is 0.379. The van der Waals surface area contributed by atoms with E-state index in [1.807, 2.05) is 24.4 Å². The molecule has 0 atom stereocenters. The minimum atomic E-state index is -0.603. The number of hydrogen-bond donors (Lipinski definition) is 0. The Balaban J connectivity index is 1.77. The van der Waals surface area contributed by atoms with Gasteiger partial charge >= 0.3 is 0 Å². The predicted octanol–water partition coefficient (Wildman–Crippen LogP) is 4.90. The van der Waals surface area contributed by atoms with E-state index in [9.17, 15) is 14.0 Å². The minimum Gasteiger partial charge on any atom is -0.383 e. The van der Waals surface area contributed by atoms with Crippen molar-refractivity contribution in [2.45, 2.75) is 39.8 Å². The summed E-state index contributed by atoms with van der Waals surface area (Å²) in [6, 6.07) is 18.2. The number of benzene rings is 2. The second kappa shape index (κ2) is 13.6. The molecule has 0 saturated heterocycles. The largest absolute Gasteiger partial charge is 0.383 e. The molecule has 6 nitrogen and oxygen atoms in total. The Morgan fingerprint density at radius 1 is 1.00 bits per heavy atom. The number of aromatic nitrogens is 1. The summed E-state index contributed by atoms with van der Waals surface area (Å²) >= 11 is 0. The van der Waals surface area contributed by atoms with Gasteiger partial charge in [0.05, 0.1) is 18.7 Å². The van der Waals surface area contributed by atoms with Crippen LogP contribution in [-0.4, -0.2) is 59.5 Å². The number of unbranched alkanes of at least 4 members (excludes halogenated alkanes) is 1. The van der Waals surface area contributed by atoms with Crippen molar-refractivity contribution in [1.29, 1.82) is 0 Å². The topological polar surface area (TPSA) is 54.8 Å². The smallest absolute Gasteiger partial charge is 0.257 e. The molecule has 7 heteroatoms. The van der Waals surface area contributed by atoms with Crippen LogP contribution in [0, 0.1) is 12.7 Å². The molecule has 0 radical (unpaired) electrons. The highest BCUT2D eigenvalue weighted by molar-refractivity contribution is 5.96. The molecule has 2 amide bonds. The van der Waals surface area contributed by atoms with Gasteiger partial charge in [0.25, 0.3) is 5.91 Å². The Bertz CT molecular complexity index is 1140. The second-order valence-corrected chi connectivity index (χ2v) is 8.98. The molecule has 0 aliphatic rings. The summed E-state index contributed by atoms with van der Waals surface area (Å²) < 4.78 is 21.6. The Morgan fingerprint density at radius 3 is 2.53 bits per heavy atom. The number of nitrogens with zero attached hydrogens (tertiary/aromatic N) is 3. The van der Waals surface area contributed by atoms with E-state index in [2.05, 4.69) is 36.6 Å². The molecule has 2 aromatic carbocycles. The van der Waals surface area contributed by atoms with Gasteiger partial charge in [0.1, 0.15) is 12.4 Å². The summed E-state index contributed by atoms with van der Waals surface area (Å²) in [4.78, 5) is 29.7. The monoisotopic (exact) mass is 493 g/mol. The second-order valence-electron chi connectivity index (χ2n) is 8.98. The molecule has 0 aliphatic carbocycles. The van der Waals surface area contributed by atoms with Crippen molar-refractivity contribution >= 4 is 11.8 Å². The van der Waals surface area contributed by atoms with Crippen LogP contribution in [0.2, 0.25) is 0 Å². The zero-order valence-corrected chi connectivity index (χ0v) is 21.5. The third kappa shape index (κ3) is 7.52. The van der Waals surface area contributed by atoms with Gasteiger partial charge in [0.15, 0.2) is 0 Å². The van der Waals surface area contributed by atoms with Crippen molar-refractivity contribution in [3.8, 4) is 0 Å². The number of hydrogen-bond acceptors (Lipinski definition) is 3. The van der Waals surface area contributed by atoms with Gasteiger partial charge in [-0.3, -0.25) is 9.59 Å². The van der Waals surface area contributed by atoms with Crippen molar-refractivity contribution in [2.75, 3.05) is 33.4 Å². The van der Waals surface area contributed by atoms with Gasteiger partial charge in [-0.2, -0.15) is 0 Å². The van der Waals surface area contributed by atoms with E-state index in [4.69, 9.17) is 4.74 Å². The van der Waals surface area contributed by atoms with Gasteiger partial charge in [0.2, 0.25) is 5.91 Å². The molecule has 1 heterocycles. The van der Waals surface area contributed by atoms with Crippen LogP contribution in [0.3, 0.4) is 0 Å². The molecule has 36 heavy (non-hydrogen) atoms. The summed E-state index contributed by atoms with van der Waals surface area (Å²) in [5, 5.41) is 0. The highest BCUT2D eigenvalue weighted by Crippen LogP contribution is 2.15. The summed E-state index contributed by atoms with van der Waals surface area (Å²) in [6.07, 6.45) is 3.81. The molecule has 0 bridgehead atoms. The van der Waals surface area contributed by atoms with E-state index in [0.29, 0.717) is 19.6 Å².